The van der Waals surface area contributed by atoms with Crippen molar-refractivity contribution in [2.24, 2.45) is 0 Å². The molecule has 0 fully saturated rings. The molecule has 0 aliphatic heterocycles. The van der Waals surface area contributed by atoms with E-state index in [9.17, 15) is 4.79 Å². The number of aromatic amines is 1. The summed E-state index contributed by atoms with van der Waals surface area (Å²) in [6.07, 6.45) is 0.810. The predicted octanol–water partition coefficient (Wildman–Crippen LogP) is 3.19. The van der Waals surface area contributed by atoms with E-state index in [1.165, 1.54) is 4.88 Å². The molecule has 0 saturated carbocycles. The maximum absolute atomic E-state index is 11.6. The molecule has 0 saturated heterocycles. The number of fused-ring (bicyclic) bond motifs is 1. The summed E-state index contributed by atoms with van der Waals surface area (Å²) in [6.45, 7) is 3.94. The summed E-state index contributed by atoms with van der Waals surface area (Å²) in [5, 5.41) is 3.12. The third-order valence-electron chi connectivity index (χ3n) is 3.19. The Morgan fingerprint density at radius 3 is 2.89 bits per heavy atom. The molecule has 0 atom stereocenters. The van der Waals surface area contributed by atoms with E-state index in [-0.39, 0.29) is 5.56 Å². The van der Waals surface area contributed by atoms with Crippen LogP contribution in [0.5, 0.6) is 0 Å². The van der Waals surface area contributed by atoms with Gasteiger partial charge in [-0.25, -0.2) is 0 Å². The Balaban J connectivity index is 2.16. The second kappa shape index (κ2) is 4.63. The average molecular weight is 270 g/mol. The fourth-order valence-electron chi connectivity index (χ4n) is 2.45. The van der Waals surface area contributed by atoms with Crippen molar-refractivity contribution in [1.29, 1.82) is 0 Å². The Labute approximate surface area is 115 Å². The van der Waals surface area contributed by atoms with E-state index >= 15 is 0 Å². The summed E-state index contributed by atoms with van der Waals surface area (Å²) in [5.41, 5.74) is 3.76. The summed E-state index contributed by atoms with van der Waals surface area (Å²) in [6, 6.07) is 7.75. The molecule has 1 N–H and O–H groups in total. The highest BCUT2D eigenvalue weighted by atomic mass is 32.1. The monoisotopic (exact) mass is 270 g/mol. The first-order valence-corrected chi connectivity index (χ1v) is 7.04. The minimum Gasteiger partial charge on any atom is -0.322 e. The van der Waals surface area contributed by atoms with E-state index in [0.717, 1.165) is 34.3 Å². The molecule has 3 rings (SSSR count). The lowest BCUT2D eigenvalue weighted by Gasteiger charge is -2.07. The predicted molar refractivity (Wildman–Crippen MR) is 79.0 cm³/mol. The van der Waals surface area contributed by atoms with Crippen LogP contribution in [0.25, 0.3) is 10.9 Å². The van der Waals surface area contributed by atoms with Crippen molar-refractivity contribution in [3.8, 4) is 0 Å². The summed E-state index contributed by atoms with van der Waals surface area (Å²) < 4.78 is 0. The van der Waals surface area contributed by atoms with Crippen LogP contribution in [0.2, 0.25) is 0 Å². The van der Waals surface area contributed by atoms with Gasteiger partial charge in [0.1, 0.15) is 0 Å². The number of aromatic nitrogens is 2. The summed E-state index contributed by atoms with van der Waals surface area (Å²) in [5.74, 6) is 0. The molecule has 0 radical (unpaired) electrons. The third kappa shape index (κ3) is 2.31. The van der Waals surface area contributed by atoms with Gasteiger partial charge in [-0.1, -0.05) is 6.07 Å². The number of nitrogens with zero attached hydrogens (tertiary/aromatic N) is 1. The highest BCUT2D eigenvalue weighted by Crippen LogP contribution is 2.21. The van der Waals surface area contributed by atoms with Crippen molar-refractivity contribution < 1.29 is 0 Å². The molecular weight excluding hydrogens is 256 g/mol. The Bertz CT molecular complexity index is 788. The SMILES string of the molecule is Cc1cc(=O)[nH]c2cc(Cc3cccs3)nc(C)c12. The minimum absolute atomic E-state index is 0.0577. The van der Waals surface area contributed by atoms with Crippen molar-refractivity contribution in [3.05, 3.63) is 61.8 Å². The number of thiophene rings is 1. The van der Waals surface area contributed by atoms with E-state index < -0.39 is 0 Å². The zero-order valence-corrected chi connectivity index (χ0v) is 11.7. The first-order valence-electron chi connectivity index (χ1n) is 6.16. The van der Waals surface area contributed by atoms with E-state index in [4.69, 9.17) is 0 Å². The van der Waals surface area contributed by atoms with Gasteiger partial charge in [-0.3, -0.25) is 9.78 Å². The number of hydrogen-bond donors (Lipinski definition) is 1. The number of aryl methyl sites for hydroxylation is 2. The zero-order valence-electron chi connectivity index (χ0n) is 10.9. The fraction of sp³-hybridized carbons (Fsp3) is 0.200. The number of pyridine rings is 2. The van der Waals surface area contributed by atoms with Crippen LogP contribution in [0, 0.1) is 13.8 Å². The molecule has 0 aliphatic rings. The lowest BCUT2D eigenvalue weighted by Crippen LogP contribution is -2.07. The first-order chi connectivity index (χ1) is 9.13. The molecule has 3 aromatic rings. The minimum atomic E-state index is -0.0577. The summed E-state index contributed by atoms with van der Waals surface area (Å²) in [4.78, 5) is 20.4. The van der Waals surface area contributed by atoms with Crippen molar-refractivity contribution in [1.82, 2.24) is 9.97 Å². The second-order valence-electron chi connectivity index (χ2n) is 4.69. The lowest BCUT2D eigenvalue weighted by atomic mass is 10.1. The van der Waals surface area contributed by atoms with Gasteiger partial charge in [-0.15, -0.1) is 11.3 Å². The fourth-order valence-corrected chi connectivity index (χ4v) is 3.17. The van der Waals surface area contributed by atoms with E-state index in [1.54, 1.807) is 17.4 Å². The van der Waals surface area contributed by atoms with Gasteiger partial charge in [-0.2, -0.15) is 0 Å². The van der Waals surface area contributed by atoms with Gasteiger partial charge in [0.2, 0.25) is 5.56 Å². The van der Waals surface area contributed by atoms with Gasteiger partial charge in [0, 0.05) is 34.1 Å². The van der Waals surface area contributed by atoms with Crippen molar-refractivity contribution >= 4 is 22.2 Å². The van der Waals surface area contributed by atoms with Crippen LogP contribution in [0.1, 0.15) is 21.8 Å². The maximum atomic E-state index is 11.6. The molecule has 0 unspecified atom stereocenters. The number of rotatable bonds is 2. The van der Waals surface area contributed by atoms with Crippen LogP contribution < -0.4 is 5.56 Å². The highest BCUT2D eigenvalue weighted by molar-refractivity contribution is 7.09. The number of nitrogens with one attached hydrogen (secondary N) is 1. The normalized spacial score (nSPS) is 11.1. The maximum Gasteiger partial charge on any atom is 0.248 e. The molecule has 0 aromatic carbocycles. The van der Waals surface area contributed by atoms with Crippen LogP contribution in [0.15, 0.2) is 34.4 Å². The first kappa shape index (κ1) is 12.1. The van der Waals surface area contributed by atoms with Gasteiger partial charge in [0.05, 0.1) is 5.52 Å². The number of H-pyrrole nitrogens is 1. The standard InChI is InChI=1S/C15H14N2OS/c1-9-6-14(18)17-13-8-11(16-10(2)15(9)13)7-12-4-3-5-19-12/h3-6,8H,7H2,1-2H3,(H,17,18). The molecule has 3 aromatic heterocycles. The van der Waals surface area contributed by atoms with E-state index in [0.29, 0.717) is 0 Å². The Morgan fingerprint density at radius 1 is 1.32 bits per heavy atom. The Morgan fingerprint density at radius 2 is 2.16 bits per heavy atom. The molecule has 4 heteroatoms. The highest BCUT2D eigenvalue weighted by Gasteiger charge is 2.07. The molecule has 3 heterocycles. The second-order valence-corrected chi connectivity index (χ2v) is 5.73. The molecule has 19 heavy (non-hydrogen) atoms. The van der Waals surface area contributed by atoms with Crippen molar-refractivity contribution in [2.45, 2.75) is 20.3 Å². The van der Waals surface area contributed by atoms with Crippen LogP contribution >= 0.6 is 11.3 Å². The van der Waals surface area contributed by atoms with Crippen molar-refractivity contribution in [2.75, 3.05) is 0 Å². The molecule has 0 spiro atoms. The Kier molecular flexibility index (Phi) is 2.95. The molecular formula is C15H14N2OS. The molecule has 0 bridgehead atoms. The van der Waals surface area contributed by atoms with E-state index in [2.05, 4.69) is 21.4 Å². The van der Waals surface area contributed by atoms with E-state index in [1.807, 2.05) is 26.0 Å². The average Bonchev–Trinajstić information content (AvgIpc) is 2.79. The van der Waals surface area contributed by atoms with Gasteiger partial charge in [0.25, 0.3) is 0 Å². The Hall–Kier alpha value is -1.94. The quantitative estimate of drug-likeness (QED) is 0.777. The van der Waals surface area contributed by atoms with Crippen LogP contribution in [0.4, 0.5) is 0 Å². The number of hydrogen-bond acceptors (Lipinski definition) is 3. The molecule has 96 valence electrons. The summed E-state index contributed by atoms with van der Waals surface area (Å²) >= 11 is 1.72. The molecule has 0 amide bonds. The lowest BCUT2D eigenvalue weighted by molar-refractivity contribution is 1.06. The molecule has 3 nitrogen and oxygen atoms in total. The van der Waals surface area contributed by atoms with Crippen molar-refractivity contribution in [3.63, 3.8) is 0 Å². The van der Waals surface area contributed by atoms with Crippen LogP contribution in [-0.4, -0.2) is 9.97 Å². The zero-order chi connectivity index (χ0) is 13.4. The smallest absolute Gasteiger partial charge is 0.248 e. The topological polar surface area (TPSA) is 45.8 Å². The van der Waals surface area contributed by atoms with Gasteiger partial charge in [-0.05, 0) is 36.9 Å². The van der Waals surface area contributed by atoms with Gasteiger partial charge >= 0.3 is 0 Å². The van der Waals surface area contributed by atoms with Gasteiger partial charge < -0.3 is 4.98 Å². The third-order valence-corrected chi connectivity index (χ3v) is 4.07. The molecule has 0 aliphatic carbocycles. The van der Waals surface area contributed by atoms with Crippen LogP contribution in [-0.2, 0) is 6.42 Å². The van der Waals surface area contributed by atoms with Gasteiger partial charge in [0.15, 0.2) is 0 Å². The van der Waals surface area contributed by atoms with Crippen LogP contribution in [0.3, 0.4) is 0 Å². The largest absolute Gasteiger partial charge is 0.322 e. The summed E-state index contributed by atoms with van der Waals surface area (Å²) in [7, 11) is 0.